The number of hydrogen-bond acceptors (Lipinski definition) is 4. The molecule has 1 aromatic heterocycles. The van der Waals surface area contributed by atoms with Gasteiger partial charge in [0.1, 0.15) is 5.82 Å². The lowest BCUT2D eigenvalue weighted by atomic mass is 10.1. The van der Waals surface area contributed by atoms with Gasteiger partial charge in [-0.25, -0.2) is 9.67 Å². The fourth-order valence-corrected chi connectivity index (χ4v) is 3.32. The van der Waals surface area contributed by atoms with Gasteiger partial charge in [-0.2, -0.15) is 0 Å². The Balaban J connectivity index is 1.80. The van der Waals surface area contributed by atoms with Gasteiger partial charge in [-0.15, -0.1) is 5.10 Å². The third-order valence-corrected chi connectivity index (χ3v) is 4.61. The Morgan fingerprint density at radius 2 is 1.62 bits per heavy atom. The molecule has 3 atom stereocenters. The highest BCUT2D eigenvalue weighted by Crippen LogP contribution is 2.35. The number of aromatic nitrogens is 3. The van der Waals surface area contributed by atoms with Crippen molar-refractivity contribution in [3.05, 3.63) is 66.5 Å². The molecule has 122 valence electrons. The predicted octanol–water partition coefficient (Wildman–Crippen LogP) is 2.50. The van der Waals surface area contributed by atoms with E-state index in [1.165, 1.54) is 0 Å². The first kappa shape index (κ1) is 15.1. The highest BCUT2D eigenvalue weighted by atomic mass is 16.3. The smallest absolute Gasteiger partial charge is 0.181 e. The van der Waals surface area contributed by atoms with Crippen LogP contribution in [0.5, 0.6) is 0 Å². The molecule has 0 saturated heterocycles. The van der Waals surface area contributed by atoms with Crippen molar-refractivity contribution >= 4 is 0 Å². The van der Waals surface area contributed by atoms with E-state index >= 15 is 0 Å². The van der Waals surface area contributed by atoms with E-state index in [4.69, 9.17) is 15.8 Å². The monoisotopic (exact) mass is 320 g/mol. The average Bonchev–Trinajstić information content (AvgIpc) is 3.21. The summed E-state index contributed by atoms with van der Waals surface area (Å²) >= 11 is 0. The molecule has 3 aromatic rings. The second kappa shape index (κ2) is 6.19. The summed E-state index contributed by atoms with van der Waals surface area (Å²) in [6.45, 7) is 0. The van der Waals surface area contributed by atoms with Crippen LogP contribution >= 0.6 is 0 Å². The van der Waals surface area contributed by atoms with Gasteiger partial charge >= 0.3 is 0 Å². The third-order valence-electron chi connectivity index (χ3n) is 4.61. The second-order valence-electron chi connectivity index (χ2n) is 6.31. The zero-order valence-electron chi connectivity index (χ0n) is 13.3. The van der Waals surface area contributed by atoms with Crippen LogP contribution in [0.2, 0.25) is 0 Å². The van der Waals surface area contributed by atoms with Gasteiger partial charge < -0.3 is 10.8 Å². The number of nitrogens with zero attached hydrogens (tertiary/aromatic N) is 3. The fourth-order valence-electron chi connectivity index (χ4n) is 3.32. The van der Waals surface area contributed by atoms with Crippen LogP contribution in [0.4, 0.5) is 0 Å². The van der Waals surface area contributed by atoms with Gasteiger partial charge in [-0.05, 0) is 25.0 Å². The molecule has 0 aliphatic heterocycles. The zero-order chi connectivity index (χ0) is 16.5. The van der Waals surface area contributed by atoms with Crippen LogP contribution in [-0.4, -0.2) is 32.0 Å². The van der Waals surface area contributed by atoms with Gasteiger partial charge in [0.15, 0.2) is 5.82 Å². The Morgan fingerprint density at radius 3 is 2.25 bits per heavy atom. The first-order chi connectivity index (χ1) is 11.7. The molecule has 5 heteroatoms. The Kier molecular flexibility index (Phi) is 3.88. The molecule has 0 radical (unpaired) electrons. The summed E-state index contributed by atoms with van der Waals surface area (Å²) < 4.78 is 1.89. The van der Waals surface area contributed by atoms with Crippen molar-refractivity contribution in [2.75, 3.05) is 0 Å². The largest absolute Gasteiger partial charge is 0.391 e. The summed E-state index contributed by atoms with van der Waals surface area (Å²) in [4.78, 5) is 4.79. The highest BCUT2D eigenvalue weighted by Gasteiger charge is 2.34. The average molecular weight is 320 g/mol. The second-order valence-corrected chi connectivity index (χ2v) is 6.31. The van der Waals surface area contributed by atoms with Gasteiger partial charge in [-0.3, -0.25) is 0 Å². The molecular weight excluding hydrogens is 300 g/mol. The van der Waals surface area contributed by atoms with Crippen LogP contribution < -0.4 is 5.73 Å². The van der Waals surface area contributed by atoms with Gasteiger partial charge in [0.25, 0.3) is 0 Å². The third kappa shape index (κ3) is 2.72. The molecule has 0 unspecified atom stereocenters. The van der Waals surface area contributed by atoms with E-state index in [9.17, 15) is 5.11 Å². The Labute approximate surface area is 140 Å². The van der Waals surface area contributed by atoms with Crippen LogP contribution in [0.15, 0.2) is 60.7 Å². The summed E-state index contributed by atoms with van der Waals surface area (Å²) in [7, 11) is 0. The maximum absolute atomic E-state index is 10.0. The van der Waals surface area contributed by atoms with Gasteiger partial charge in [0, 0.05) is 17.5 Å². The molecule has 1 aliphatic carbocycles. The molecule has 4 rings (SSSR count). The number of aliphatic hydroxyl groups is 1. The highest BCUT2D eigenvalue weighted by molar-refractivity contribution is 5.55. The van der Waals surface area contributed by atoms with Crippen LogP contribution in [0, 0.1) is 0 Å². The molecule has 1 aliphatic rings. The van der Waals surface area contributed by atoms with Crippen LogP contribution in [0.3, 0.4) is 0 Å². The van der Waals surface area contributed by atoms with E-state index in [0.29, 0.717) is 12.2 Å². The van der Waals surface area contributed by atoms with Crippen molar-refractivity contribution in [1.82, 2.24) is 14.8 Å². The van der Waals surface area contributed by atoms with Crippen LogP contribution in [0.1, 0.15) is 24.6 Å². The number of hydrogen-bond donors (Lipinski definition) is 2. The van der Waals surface area contributed by atoms with Crippen molar-refractivity contribution < 1.29 is 5.11 Å². The van der Waals surface area contributed by atoms with Crippen molar-refractivity contribution in [1.29, 1.82) is 0 Å². The Bertz CT molecular complexity index is 806. The molecule has 0 amide bonds. The van der Waals surface area contributed by atoms with E-state index in [2.05, 4.69) is 0 Å². The SMILES string of the molecule is N[C@H]1C[C@H](c2nc(-c3ccccc3)nn2-c2ccccc2)C[C@@H]1O. The fraction of sp³-hybridized carbons (Fsp3) is 0.263. The molecule has 5 nitrogen and oxygen atoms in total. The standard InChI is InChI=1S/C19H20N4O/c20-16-11-14(12-17(16)24)19-21-18(13-7-3-1-4-8-13)22-23(19)15-9-5-2-6-10-15/h1-10,14,16-17,24H,11-12,20H2/t14-,16-,17-/m0/s1. The summed E-state index contributed by atoms with van der Waals surface area (Å²) in [5.41, 5.74) is 7.96. The number of aliphatic hydroxyl groups excluding tert-OH is 1. The molecule has 1 heterocycles. The van der Waals surface area contributed by atoms with Crippen LogP contribution in [-0.2, 0) is 0 Å². The first-order valence-corrected chi connectivity index (χ1v) is 8.24. The lowest BCUT2D eigenvalue weighted by Crippen LogP contribution is -2.28. The van der Waals surface area contributed by atoms with Gasteiger partial charge in [0.05, 0.1) is 11.8 Å². The van der Waals surface area contributed by atoms with Crippen molar-refractivity contribution in [2.24, 2.45) is 5.73 Å². The maximum Gasteiger partial charge on any atom is 0.181 e. The van der Waals surface area contributed by atoms with E-state index < -0.39 is 6.10 Å². The summed E-state index contributed by atoms with van der Waals surface area (Å²) in [5.74, 6) is 1.68. The van der Waals surface area contributed by atoms with Crippen molar-refractivity contribution in [3.8, 4) is 17.1 Å². The van der Waals surface area contributed by atoms with E-state index in [0.717, 1.165) is 23.5 Å². The lowest BCUT2D eigenvalue weighted by Gasteiger charge is -2.10. The molecule has 2 aromatic carbocycles. The molecule has 1 fully saturated rings. The number of rotatable bonds is 3. The van der Waals surface area contributed by atoms with Crippen molar-refractivity contribution in [2.45, 2.75) is 30.9 Å². The van der Waals surface area contributed by atoms with Crippen LogP contribution in [0.25, 0.3) is 17.1 Å². The number of nitrogens with two attached hydrogens (primary N) is 1. The van der Waals surface area contributed by atoms with Crippen molar-refractivity contribution in [3.63, 3.8) is 0 Å². The summed E-state index contributed by atoms with van der Waals surface area (Å²) in [6, 6.07) is 19.7. The van der Waals surface area contributed by atoms with Gasteiger partial charge in [-0.1, -0.05) is 48.5 Å². The molecule has 1 saturated carbocycles. The van der Waals surface area contributed by atoms with Gasteiger partial charge in [0.2, 0.25) is 0 Å². The minimum atomic E-state index is -0.476. The summed E-state index contributed by atoms with van der Waals surface area (Å²) in [5, 5.41) is 14.8. The minimum absolute atomic E-state index is 0.111. The normalized spacial score (nSPS) is 23.5. The maximum atomic E-state index is 10.0. The molecule has 24 heavy (non-hydrogen) atoms. The number of benzene rings is 2. The quantitative estimate of drug-likeness (QED) is 0.777. The predicted molar refractivity (Wildman–Crippen MR) is 92.8 cm³/mol. The lowest BCUT2D eigenvalue weighted by molar-refractivity contribution is 0.163. The molecule has 3 N–H and O–H groups in total. The molecule has 0 bridgehead atoms. The minimum Gasteiger partial charge on any atom is -0.391 e. The Hall–Kier alpha value is -2.50. The van der Waals surface area contributed by atoms with E-state index in [-0.39, 0.29) is 12.0 Å². The van der Waals surface area contributed by atoms with E-state index in [1.54, 1.807) is 0 Å². The van der Waals surface area contributed by atoms with E-state index in [1.807, 2.05) is 65.3 Å². The first-order valence-electron chi connectivity index (χ1n) is 8.24. The number of para-hydroxylation sites is 1. The zero-order valence-corrected chi connectivity index (χ0v) is 13.3. The topological polar surface area (TPSA) is 77.0 Å². The molecular formula is C19H20N4O. The summed E-state index contributed by atoms with van der Waals surface area (Å²) in [6.07, 6.45) is 0.873. The Morgan fingerprint density at radius 1 is 0.958 bits per heavy atom. The molecule has 0 spiro atoms.